The molecule has 0 bridgehead atoms. The average molecular weight is 224 g/mol. The highest BCUT2D eigenvalue weighted by Crippen LogP contribution is 2.13. The first-order valence-electron chi connectivity index (χ1n) is 5.40. The SMILES string of the molecule is CCNCCC(=O)Nc1ccc(C)c(F)c1. The number of hydrogen-bond acceptors (Lipinski definition) is 2. The Balaban J connectivity index is 2.46. The molecule has 0 aliphatic heterocycles. The minimum absolute atomic E-state index is 0.107. The molecule has 0 spiro atoms. The molecule has 0 aromatic heterocycles. The van der Waals surface area contributed by atoms with Crippen LogP contribution in [-0.2, 0) is 4.79 Å². The van der Waals surface area contributed by atoms with Crippen LogP contribution in [0.25, 0.3) is 0 Å². The van der Waals surface area contributed by atoms with E-state index in [0.717, 1.165) is 6.54 Å². The highest BCUT2D eigenvalue weighted by Gasteiger charge is 2.03. The lowest BCUT2D eigenvalue weighted by molar-refractivity contribution is -0.116. The van der Waals surface area contributed by atoms with Crippen molar-refractivity contribution in [2.24, 2.45) is 0 Å². The molecule has 3 nitrogen and oxygen atoms in total. The summed E-state index contributed by atoms with van der Waals surface area (Å²) >= 11 is 0. The molecule has 0 heterocycles. The van der Waals surface area contributed by atoms with Gasteiger partial charge in [-0.05, 0) is 31.2 Å². The van der Waals surface area contributed by atoms with E-state index in [-0.39, 0.29) is 11.7 Å². The van der Waals surface area contributed by atoms with Crippen LogP contribution in [0.1, 0.15) is 18.9 Å². The summed E-state index contributed by atoms with van der Waals surface area (Å²) in [5.74, 6) is -0.409. The van der Waals surface area contributed by atoms with Gasteiger partial charge in [-0.2, -0.15) is 0 Å². The molecule has 0 fully saturated rings. The first-order chi connectivity index (χ1) is 7.63. The van der Waals surface area contributed by atoms with Crippen LogP contribution in [0.5, 0.6) is 0 Å². The zero-order chi connectivity index (χ0) is 12.0. The number of carbonyl (C=O) groups excluding carboxylic acids is 1. The fraction of sp³-hybridized carbons (Fsp3) is 0.417. The van der Waals surface area contributed by atoms with Gasteiger partial charge in [0, 0.05) is 18.7 Å². The molecule has 1 rings (SSSR count). The summed E-state index contributed by atoms with van der Waals surface area (Å²) in [5.41, 5.74) is 1.08. The summed E-state index contributed by atoms with van der Waals surface area (Å²) < 4.78 is 13.2. The molecule has 88 valence electrons. The van der Waals surface area contributed by atoms with Crippen LogP contribution in [0.3, 0.4) is 0 Å². The number of halogens is 1. The van der Waals surface area contributed by atoms with Crippen LogP contribution in [-0.4, -0.2) is 19.0 Å². The second-order valence-electron chi connectivity index (χ2n) is 3.62. The van der Waals surface area contributed by atoms with Gasteiger partial charge in [-0.1, -0.05) is 13.0 Å². The Morgan fingerprint density at radius 2 is 2.19 bits per heavy atom. The molecule has 0 aliphatic carbocycles. The Morgan fingerprint density at radius 1 is 1.44 bits per heavy atom. The molecule has 0 saturated heterocycles. The van der Waals surface area contributed by atoms with Crippen LogP contribution in [0.4, 0.5) is 10.1 Å². The fourth-order valence-electron chi connectivity index (χ4n) is 1.27. The van der Waals surface area contributed by atoms with E-state index in [2.05, 4.69) is 10.6 Å². The average Bonchev–Trinajstić information content (AvgIpc) is 2.24. The number of aryl methyl sites for hydroxylation is 1. The molecule has 16 heavy (non-hydrogen) atoms. The smallest absolute Gasteiger partial charge is 0.225 e. The molecule has 0 radical (unpaired) electrons. The van der Waals surface area contributed by atoms with Crippen molar-refractivity contribution < 1.29 is 9.18 Å². The summed E-state index contributed by atoms with van der Waals surface area (Å²) in [4.78, 5) is 11.4. The number of benzene rings is 1. The predicted molar refractivity (Wildman–Crippen MR) is 62.9 cm³/mol. The zero-order valence-corrected chi connectivity index (χ0v) is 9.64. The zero-order valence-electron chi connectivity index (χ0n) is 9.64. The molecule has 4 heteroatoms. The van der Waals surface area contributed by atoms with E-state index in [4.69, 9.17) is 0 Å². The lowest BCUT2D eigenvalue weighted by atomic mass is 10.2. The number of anilines is 1. The molecule has 1 aromatic carbocycles. The molecular weight excluding hydrogens is 207 g/mol. The Bertz CT molecular complexity index is 366. The molecule has 0 saturated carbocycles. The minimum atomic E-state index is -0.301. The van der Waals surface area contributed by atoms with Gasteiger partial charge in [0.15, 0.2) is 0 Å². The molecule has 0 unspecified atom stereocenters. The third-order valence-electron chi connectivity index (χ3n) is 2.23. The van der Waals surface area contributed by atoms with Crippen molar-refractivity contribution in [1.82, 2.24) is 5.32 Å². The van der Waals surface area contributed by atoms with Crippen molar-refractivity contribution >= 4 is 11.6 Å². The summed E-state index contributed by atoms with van der Waals surface area (Å²) in [6, 6.07) is 4.68. The molecule has 0 aliphatic rings. The van der Waals surface area contributed by atoms with Crippen molar-refractivity contribution in [3.05, 3.63) is 29.6 Å². The van der Waals surface area contributed by atoms with E-state index in [9.17, 15) is 9.18 Å². The third-order valence-corrected chi connectivity index (χ3v) is 2.23. The maximum absolute atomic E-state index is 13.2. The maximum atomic E-state index is 13.2. The van der Waals surface area contributed by atoms with Gasteiger partial charge >= 0.3 is 0 Å². The van der Waals surface area contributed by atoms with Crippen molar-refractivity contribution in [3.63, 3.8) is 0 Å². The molecule has 0 atom stereocenters. The number of amides is 1. The quantitative estimate of drug-likeness (QED) is 0.752. The van der Waals surface area contributed by atoms with E-state index < -0.39 is 0 Å². The number of rotatable bonds is 5. The van der Waals surface area contributed by atoms with Crippen molar-refractivity contribution in [2.75, 3.05) is 18.4 Å². The monoisotopic (exact) mass is 224 g/mol. The number of nitrogens with one attached hydrogen (secondary N) is 2. The largest absolute Gasteiger partial charge is 0.326 e. The standard InChI is InChI=1S/C12H17FN2O/c1-3-14-7-6-12(16)15-10-5-4-9(2)11(13)8-10/h4-5,8,14H,3,6-7H2,1-2H3,(H,15,16). The summed E-state index contributed by atoms with van der Waals surface area (Å²) in [6.45, 7) is 5.14. The predicted octanol–water partition coefficient (Wildman–Crippen LogP) is 2.07. The highest BCUT2D eigenvalue weighted by molar-refractivity contribution is 5.90. The van der Waals surface area contributed by atoms with E-state index in [0.29, 0.717) is 24.2 Å². The highest BCUT2D eigenvalue weighted by atomic mass is 19.1. The van der Waals surface area contributed by atoms with E-state index in [1.54, 1.807) is 19.1 Å². The summed E-state index contributed by atoms with van der Waals surface area (Å²) in [5, 5.41) is 5.70. The van der Waals surface area contributed by atoms with E-state index in [1.165, 1.54) is 6.07 Å². The van der Waals surface area contributed by atoms with Crippen LogP contribution >= 0.6 is 0 Å². The van der Waals surface area contributed by atoms with Gasteiger partial charge in [-0.15, -0.1) is 0 Å². The minimum Gasteiger partial charge on any atom is -0.326 e. The Hall–Kier alpha value is -1.42. The van der Waals surface area contributed by atoms with Crippen LogP contribution in [0.2, 0.25) is 0 Å². The fourth-order valence-corrected chi connectivity index (χ4v) is 1.27. The first-order valence-corrected chi connectivity index (χ1v) is 5.40. The van der Waals surface area contributed by atoms with E-state index in [1.807, 2.05) is 6.92 Å². The van der Waals surface area contributed by atoms with Gasteiger partial charge in [0.2, 0.25) is 5.91 Å². The topological polar surface area (TPSA) is 41.1 Å². The molecule has 1 aromatic rings. The summed E-state index contributed by atoms with van der Waals surface area (Å²) in [6.07, 6.45) is 0.392. The lowest BCUT2D eigenvalue weighted by Gasteiger charge is -2.06. The van der Waals surface area contributed by atoms with Gasteiger partial charge in [-0.25, -0.2) is 4.39 Å². The van der Waals surface area contributed by atoms with Gasteiger partial charge in [-0.3, -0.25) is 4.79 Å². The van der Waals surface area contributed by atoms with Crippen molar-refractivity contribution in [2.45, 2.75) is 20.3 Å². The number of hydrogen-bond donors (Lipinski definition) is 2. The maximum Gasteiger partial charge on any atom is 0.225 e. The number of carbonyl (C=O) groups is 1. The molecule has 1 amide bonds. The summed E-state index contributed by atoms with van der Waals surface area (Å²) in [7, 11) is 0. The molecule has 2 N–H and O–H groups in total. The lowest BCUT2D eigenvalue weighted by Crippen LogP contribution is -2.21. The van der Waals surface area contributed by atoms with Crippen molar-refractivity contribution in [1.29, 1.82) is 0 Å². The second kappa shape index (κ2) is 6.23. The Labute approximate surface area is 95.0 Å². The normalized spacial score (nSPS) is 10.2. The molecular formula is C12H17FN2O. The van der Waals surface area contributed by atoms with Crippen LogP contribution in [0.15, 0.2) is 18.2 Å². The van der Waals surface area contributed by atoms with E-state index >= 15 is 0 Å². The van der Waals surface area contributed by atoms with Crippen LogP contribution in [0, 0.1) is 12.7 Å². The Morgan fingerprint density at radius 3 is 2.81 bits per heavy atom. The first kappa shape index (κ1) is 12.6. The Kier molecular flexibility index (Phi) is 4.92. The van der Waals surface area contributed by atoms with Gasteiger partial charge in [0.05, 0.1) is 0 Å². The van der Waals surface area contributed by atoms with Crippen LogP contribution < -0.4 is 10.6 Å². The van der Waals surface area contributed by atoms with Gasteiger partial charge in [0.1, 0.15) is 5.82 Å². The van der Waals surface area contributed by atoms with Gasteiger partial charge < -0.3 is 10.6 Å². The van der Waals surface area contributed by atoms with Gasteiger partial charge in [0.25, 0.3) is 0 Å². The third kappa shape index (κ3) is 3.98. The van der Waals surface area contributed by atoms with Crippen molar-refractivity contribution in [3.8, 4) is 0 Å². The second-order valence-corrected chi connectivity index (χ2v) is 3.62.